The van der Waals surface area contributed by atoms with Gasteiger partial charge in [0.05, 0.1) is 27.4 Å². The molecular weight excluding hydrogens is 711 g/mol. The average Bonchev–Trinajstić information content (AvgIpc) is 3.37. The van der Waals surface area contributed by atoms with Crippen molar-refractivity contribution in [1.82, 2.24) is 20.0 Å². The van der Waals surface area contributed by atoms with E-state index in [0.717, 1.165) is 31.7 Å². The van der Waals surface area contributed by atoms with E-state index < -0.39 is 63.5 Å². The number of likely N-dealkylation sites (tertiary alicyclic amines) is 1. The van der Waals surface area contributed by atoms with Crippen molar-refractivity contribution in [3.05, 3.63) is 70.4 Å². The number of carbonyl (C=O) groups excluding carboxylic acids is 2. The molecule has 1 aromatic heterocycles. The first kappa shape index (κ1) is 38.9. The van der Waals surface area contributed by atoms with Crippen LogP contribution in [-0.2, 0) is 34.1 Å². The molecule has 0 spiro atoms. The number of ether oxygens (including phenoxy) is 2. The molecule has 0 bridgehead atoms. The summed E-state index contributed by atoms with van der Waals surface area (Å²) in [4.78, 5) is 27.9. The fourth-order valence-corrected chi connectivity index (χ4v) is 6.94. The SMILES string of the molecule is CCn1nc(C(=O)NCC2CC[C@@H](S(C)(=O)=O)CN2C(=O)OCc2ccccc2)c(Cl)c1-c1ccc(CC(C)(C)C(F)(F)F)cc1OC(F)F. The van der Waals surface area contributed by atoms with Gasteiger partial charge in [-0.2, -0.15) is 27.1 Å². The van der Waals surface area contributed by atoms with Crippen molar-refractivity contribution in [3.63, 3.8) is 0 Å². The van der Waals surface area contributed by atoms with Crippen LogP contribution in [0.1, 0.15) is 55.2 Å². The van der Waals surface area contributed by atoms with E-state index in [9.17, 15) is 40.0 Å². The van der Waals surface area contributed by atoms with Crippen molar-refractivity contribution in [1.29, 1.82) is 0 Å². The van der Waals surface area contributed by atoms with Crippen molar-refractivity contribution < 1.29 is 49.4 Å². The quantitative estimate of drug-likeness (QED) is 0.200. The van der Waals surface area contributed by atoms with Crippen molar-refractivity contribution in [3.8, 4) is 17.0 Å². The molecule has 1 aliphatic heterocycles. The fraction of sp³-hybridized carbons (Fsp3) is 0.485. The zero-order valence-electron chi connectivity index (χ0n) is 27.8. The molecule has 10 nitrogen and oxygen atoms in total. The Morgan fingerprint density at radius 3 is 2.36 bits per heavy atom. The Morgan fingerprint density at radius 2 is 1.76 bits per heavy atom. The number of sulfone groups is 1. The molecule has 274 valence electrons. The predicted octanol–water partition coefficient (Wildman–Crippen LogP) is 6.90. The number of rotatable bonds is 12. The summed E-state index contributed by atoms with van der Waals surface area (Å²) in [5, 5.41) is 5.88. The Hall–Kier alpha value is -3.92. The van der Waals surface area contributed by atoms with Crippen LogP contribution >= 0.6 is 11.6 Å². The van der Waals surface area contributed by atoms with E-state index >= 15 is 0 Å². The monoisotopic (exact) mass is 748 g/mol. The number of aromatic nitrogens is 2. The summed E-state index contributed by atoms with van der Waals surface area (Å²) in [6.45, 7) is 0.120. The summed E-state index contributed by atoms with van der Waals surface area (Å²) in [6, 6.07) is 11.9. The van der Waals surface area contributed by atoms with Crippen LogP contribution < -0.4 is 10.1 Å². The number of aryl methyl sites for hydroxylation is 1. The van der Waals surface area contributed by atoms with E-state index in [1.807, 2.05) is 0 Å². The van der Waals surface area contributed by atoms with Crippen LogP contribution in [0.4, 0.5) is 26.7 Å². The summed E-state index contributed by atoms with van der Waals surface area (Å²) in [6.07, 6.45) is -4.29. The Balaban J connectivity index is 1.57. The maximum Gasteiger partial charge on any atom is 0.410 e. The first-order chi connectivity index (χ1) is 23.3. The molecule has 2 amide bonds. The molecular formula is C33H38ClF5N4O6S. The van der Waals surface area contributed by atoms with Gasteiger partial charge in [-0.3, -0.25) is 9.48 Å². The lowest BCUT2D eigenvalue weighted by Crippen LogP contribution is -2.54. The minimum atomic E-state index is -4.56. The summed E-state index contributed by atoms with van der Waals surface area (Å²) in [5.74, 6) is -1.22. The summed E-state index contributed by atoms with van der Waals surface area (Å²) < 4.78 is 104. The molecule has 1 fully saturated rings. The highest BCUT2D eigenvalue weighted by molar-refractivity contribution is 7.91. The molecule has 17 heteroatoms. The smallest absolute Gasteiger partial charge is 0.410 e. The van der Waals surface area contributed by atoms with E-state index in [4.69, 9.17) is 21.1 Å². The second kappa shape index (κ2) is 15.5. The minimum Gasteiger partial charge on any atom is -0.445 e. The molecule has 50 heavy (non-hydrogen) atoms. The molecule has 1 unspecified atom stereocenters. The van der Waals surface area contributed by atoms with E-state index in [1.54, 1.807) is 37.3 Å². The van der Waals surface area contributed by atoms with Crippen LogP contribution in [0.2, 0.25) is 5.02 Å². The van der Waals surface area contributed by atoms with Crippen LogP contribution in [-0.4, -0.2) is 78.5 Å². The Bertz CT molecular complexity index is 1790. The number of hydrogen-bond donors (Lipinski definition) is 1. The van der Waals surface area contributed by atoms with E-state index in [2.05, 4.69) is 10.4 Å². The highest BCUT2D eigenvalue weighted by Crippen LogP contribution is 2.43. The highest BCUT2D eigenvalue weighted by atomic mass is 35.5. The lowest BCUT2D eigenvalue weighted by molar-refractivity contribution is -0.211. The van der Waals surface area contributed by atoms with Gasteiger partial charge in [-0.1, -0.05) is 61.8 Å². The van der Waals surface area contributed by atoms with E-state index in [0.29, 0.717) is 0 Å². The van der Waals surface area contributed by atoms with Crippen LogP contribution in [0.5, 0.6) is 5.75 Å². The Morgan fingerprint density at radius 1 is 1.08 bits per heavy atom. The molecule has 1 aliphatic rings. The van der Waals surface area contributed by atoms with Gasteiger partial charge in [0.1, 0.15) is 12.4 Å². The van der Waals surface area contributed by atoms with Gasteiger partial charge < -0.3 is 19.7 Å². The lowest BCUT2D eigenvalue weighted by atomic mass is 9.84. The molecule has 2 aromatic carbocycles. The second-order valence-electron chi connectivity index (χ2n) is 12.7. The largest absolute Gasteiger partial charge is 0.445 e. The third-order valence-electron chi connectivity index (χ3n) is 8.55. The first-order valence-corrected chi connectivity index (χ1v) is 18.0. The standard InChI is InChI=1S/C33H38ClF5N4O6S/c1-5-43-28(24-14-11-21(15-25(24)49-30(35)36)16-32(2,3)33(37,38)39)26(34)27(41-43)29(44)40-17-22-12-13-23(50(4,46)47)18-42(22)31(45)48-19-20-9-7-6-8-10-20/h6-11,14-15,22-23,30H,5,12-13,16-19H2,1-4H3,(H,40,44)/t22?,23-/m1/s1. The van der Waals surface area contributed by atoms with Gasteiger partial charge in [-0.05, 0) is 49.4 Å². The number of halogens is 6. The Kier molecular flexibility index (Phi) is 12.1. The van der Waals surface area contributed by atoms with Crippen molar-refractivity contribution in [2.24, 2.45) is 5.41 Å². The van der Waals surface area contributed by atoms with E-state index in [-0.39, 0.29) is 66.6 Å². The van der Waals surface area contributed by atoms with Crippen molar-refractivity contribution in [2.45, 2.75) is 77.3 Å². The molecule has 1 saturated heterocycles. The zero-order chi connectivity index (χ0) is 37.0. The van der Waals surface area contributed by atoms with Gasteiger partial charge in [-0.15, -0.1) is 0 Å². The number of amides is 2. The van der Waals surface area contributed by atoms with Crippen LogP contribution in [0.25, 0.3) is 11.3 Å². The second-order valence-corrected chi connectivity index (χ2v) is 15.4. The average molecular weight is 749 g/mol. The number of nitrogens with one attached hydrogen (secondary N) is 1. The van der Waals surface area contributed by atoms with Gasteiger partial charge in [0.25, 0.3) is 5.91 Å². The predicted molar refractivity (Wildman–Crippen MR) is 176 cm³/mol. The molecule has 2 atom stereocenters. The third-order valence-corrected chi connectivity index (χ3v) is 10.5. The van der Waals surface area contributed by atoms with Gasteiger partial charge in [0, 0.05) is 31.5 Å². The maximum absolute atomic E-state index is 13.5. The number of hydrogen-bond acceptors (Lipinski definition) is 7. The van der Waals surface area contributed by atoms with Crippen LogP contribution in [0.3, 0.4) is 0 Å². The zero-order valence-corrected chi connectivity index (χ0v) is 29.3. The summed E-state index contributed by atoms with van der Waals surface area (Å²) in [5.41, 5.74) is -1.64. The topological polar surface area (TPSA) is 120 Å². The minimum absolute atomic E-state index is 0.0244. The summed E-state index contributed by atoms with van der Waals surface area (Å²) >= 11 is 6.63. The number of piperidine rings is 1. The fourth-order valence-electron chi connectivity index (χ4n) is 5.62. The first-order valence-electron chi connectivity index (χ1n) is 15.7. The molecule has 3 aromatic rings. The summed E-state index contributed by atoms with van der Waals surface area (Å²) in [7, 11) is -3.50. The molecule has 0 aliphatic carbocycles. The number of benzene rings is 2. The number of nitrogens with zero attached hydrogens (tertiary/aromatic N) is 3. The molecule has 4 rings (SSSR count). The number of carbonyl (C=O) groups is 2. The van der Waals surface area contributed by atoms with Gasteiger partial charge in [0.2, 0.25) is 0 Å². The molecule has 0 radical (unpaired) electrons. The van der Waals surface area contributed by atoms with Gasteiger partial charge in [0.15, 0.2) is 15.5 Å². The van der Waals surface area contributed by atoms with E-state index in [1.165, 1.54) is 21.7 Å². The van der Waals surface area contributed by atoms with Gasteiger partial charge >= 0.3 is 18.9 Å². The van der Waals surface area contributed by atoms with Crippen LogP contribution in [0.15, 0.2) is 48.5 Å². The molecule has 2 heterocycles. The highest BCUT2D eigenvalue weighted by Gasteiger charge is 2.47. The molecule has 0 saturated carbocycles. The maximum atomic E-state index is 13.5. The van der Waals surface area contributed by atoms with Crippen molar-refractivity contribution in [2.75, 3.05) is 19.3 Å². The lowest BCUT2D eigenvalue weighted by Gasteiger charge is -2.38. The molecule has 1 N–H and O–H groups in total. The number of alkyl halides is 5. The normalized spacial score (nSPS) is 17.1. The van der Waals surface area contributed by atoms with Gasteiger partial charge in [-0.25, -0.2) is 13.2 Å². The van der Waals surface area contributed by atoms with Crippen molar-refractivity contribution >= 4 is 33.4 Å². The Labute approximate surface area is 291 Å². The third kappa shape index (κ3) is 9.24. The van der Waals surface area contributed by atoms with Crippen LogP contribution in [0, 0.1) is 5.41 Å².